The van der Waals surface area contributed by atoms with Crippen LogP contribution in [0.3, 0.4) is 0 Å². The molecule has 0 radical (unpaired) electrons. The molecular weight excluding hydrogens is 150 g/mol. The first-order valence-electron chi connectivity index (χ1n) is 2.88. The lowest BCUT2D eigenvalue weighted by Gasteiger charge is -2.05. The Morgan fingerprint density at radius 1 is 1.90 bits per heavy atom. The van der Waals surface area contributed by atoms with E-state index in [1.165, 1.54) is 7.11 Å². The molecule has 0 aliphatic heterocycles. The fourth-order valence-electron chi connectivity index (χ4n) is 0.493. The molecule has 0 aromatic heterocycles. The third kappa shape index (κ3) is 2.74. The first kappa shape index (κ1) is 9.31. The van der Waals surface area contributed by atoms with Gasteiger partial charge < -0.3 is 4.74 Å². The zero-order valence-electron chi connectivity index (χ0n) is 5.96. The van der Waals surface area contributed by atoms with Gasteiger partial charge in [-0.05, 0) is 18.2 Å². The number of thiocyanates is 1. The quantitative estimate of drug-likeness (QED) is 0.458. The molecule has 0 aliphatic carbocycles. The first-order chi connectivity index (χ1) is 4.76. The number of nitrogens with zero attached hydrogens (tertiary/aromatic N) is 1. The molecule has 10 heavy (non-hydrogen) atoms. The predicted octanol–water partition coefficient (Wildman–Crippen LogP) is 1.15. The monoisotopic (exact) mass is 159 g/mol. The third-order valence-corrected chi connectivity index (χ3v) is 1.95. The van der Waals surface area contributed by atoms with E-state index >= 15 is 0 Å². The summed E-state index contributed by atoms with van der Waals surface area (Å²) in [7, 11) is 1.32. The smallest absolute Gasteiger partial charge is 0.319 e. The molecule has 0 saturated carbocycles. The maximum atomic E-state index is 10.7. The van der Waals surface area contributed by atoms with Gasteiger partial charge in [0.25, 0.3) is 0 Å². The molecule has 0 N–H and O–H groups in total. The van der Waals surface area contributed by atoms with Crippen molar-refractivity contribution in [2.75, 3.05) is 7.11 Å². The number of ether oxygens (including phenoxy) is 1. The van der Waals surface area contributed by atoms with Crippen LogP contribution < -0.4 is 0 Å². The zero-order chi connectivity index (χ0) is 7.98. The lowest BCUT2D eigenvalue weighted by Crippen LogP contribution is -2.16. The molecule has 0 aromatic carbocycles. The normalized spacial score (nSPS) is 11.7. The van der Waals surface area contributed by atoms with E-state index in [0.717, 1.165) is 11.8 Å². The summed E-state index contributed by atoms with van der Waals surface area (Å²) in [6.45, 7) is 1.84. The molecule has 0 spiro atoms. The highest BCUT2D eigenvalue weighted by Gasteiger charge is 2.16. The lowest BCUT2D eigenvalue weighted by molar-refractivity contribution is -0.139. The molecule has 56 valence electrons. The van der Waals surface area contributed by atoms with Crippen molar-refractivity contribution in [2.45, 2.75) is 18.6 Å². The zero-order valence-corrected chi connectivity index (χ0v) is 6.77. The van der Waals surface area contributed by atoms with Crippen molar-refractivity contribution in [3.05, 3.63) is 0 Å². The molecule has 0 aromatic rings. The Bertz CT molecular complexity index is 152. The summed E-state index contributed by atoms with van der Waals surface area (Å²) in [6.07, 6.45) is 0.630. The van der Waals surface area contributed by atoms with Gasteiger partial charge in [-0.25, -0.2) is 0 Å². The number of nitriles is 1. The molecule has 0 fully saturated rings. The number of hydrogen-bond acceptors (Lipinski definition) is 4. The van der Waals surface area contributed by atoms with Gasteiger partial charge in [0.15, 0.2) is 0 Å². The van der Waals surface area contributed by atoms with Crippen LogP contribution in [0.15, 0.2) is 0 Å². The molecular formula is C6H9NO2S. The van der Waals surface area contributed by atoms with E-state index in [1.54, 1.807) is 0 Å². The summed E-state index contributed by atoms with van der Waals surface area (Å²) >= 11 is 0.940. The maximum absolute atomic E-state index is 10.7. The van der Waals surface area contributed by atoms with E-state index in [-0.39, 0.29) is 11.2 Å². The van der Waals surface area contributed by atoms with Crippen LogP contribution in [0.1, 0.15) is 13.3 Å². The van der Waals surface area contributed by atoms with Gasteiger partial charge in [0.2, 0.25) is 0 Å². The van der Waals surface area contributed by atoms with Gasteiger partial charge in [0.1, 0.15) is 10.7 Å². The highest BCUT2D eigenvalue weighted by molar-refractivity contribution is 8.04. The number of hydrogen-bond donors (Lipinski definition) is 0. The minimum atomic E-state index is -0.325. The van der Waals surface area contributed by atoms with Gasteiger partial charge in [-0.3, -0.25) is 4.79 Å². The summed E-state index contributed by atoms with van der Waals surface area (Å²) < 4.78 is 4.44. The Morgan fingerprint density at radius 2 is 2.50 bits per heavy atom. The van der Waals surface area contributed by atoms with Gasteiger partial charge in [-0.2, -0.15) is 5.26 Å². The topological polar surface area (TPSA) is 50.1 Å². The van der Waals surface area contributed by atoms with E-state index in [0.29, 0.717) is 6.42 Å². The number of rotatable bonds is 3. The molecule has 0 heterocycles. The van der Waals surface area contributed by atoms with Crippen molar-refractivity contribution >= 4 is 17.7 Å². The maximum Gasteiger partial charge on any atom is 0.319 e. The second kappa shape index (κ2) is 5.12. The van der Waals surface area contributed by atoms with Gasteiger partial charge in [0.05, 0.1) is 7.11 Å². The minimum absolute atomic E-state index is 0.324. The van der Waals surface area contributed by atoms with Gasteiger partial charge >= 0.3 is 5.97 Å². The van der Waals surface area contributed by atoms with Crippen LogP contribution in [-0.2, 0) is 9.53 Å². The number of carbonyl (C=O) groups is 1. The predicted molar refractivity (Wildman–Crippen MR) is 39.3 cm³/mol. The van der Waals surface area contributed by atoms with Crippen LogP contribution in [0.5, 0.6) is 0 Å². The van der Waals surface area contributed by atoms with Gasteiger partial charge in [-0.15, -0.1) is 0 Å². The van der Waals surface area contributed by atoms with Crippen LogP contribution in [0.4, 0.5) is 0 Å². The highest BCUT2D eigenvalue weighted by Crippen LogP contribution is 2.13. The fourth-order valence-corrected chi connectivity index (χ4v) is 0.980. The number of thioether (sulfide) groups is 1. The van der Waals surface area contributed by atoms with Crippen LogP contribution in [0.25, 0.3) is 0 Å². The summed E-state index contributed by atoms with van der Waals surface area (Å²) in [5.41, 5.74) is 0. The number of carbonyl (C=O) groups excluding carboxylic acids is 1. The molecule has 0 amide bonds. The van der Waals surface area contributed by atoms with E-state index in [1.807, 2.05) is 12.3 Å². The van der Waals surface area contributed by atoms with Crippen molar-refractivity contribution in [2.24, 2.45) is 0 Å². The SMILES string of the molecule is CC[C@@H](SC#N)C(=O)OC. The number of esters is 1. The summed E-state index contributed by atoms with van der Waals surface area (Å²) in [6, 6.07) is 0. The van der Waals surface area contributed by atoms with E-state index < -0.39 is 0 Å². The molecule has 4 heteroatoms. The van der Waals surface area contributed by atoms with Crippen LogP contribution >= 0.6 is 11.8 Å². The van der Waals surface area contributed by atoms with Gasteiger partial charge in [0, 0.05) is 0 Å². The molecule has 1 atom stereocenters. The minimum Gasteiger partial charge on any atom is -0.468 e. The highest BCUT2D eigenvalue weighted by atomic mass is 32.2. The van der Waals surface area contributed by atoms with Crippen molar-refractivity contribution in [1.29, 1.82) is 5.26 Å². The average molecular weight is 159 g/mol. The van der Waals surface area contributed by atoms with Crippen molar-refractivity contribution < 1.29 is 9.53 Å². The molecule has 0 saturated heterocycles. The molecule has 3 nitrogen and oxygen atoms in total. The molecule has 0 bridgehead atoms. The van der Waals surface area contributed by atoms with E-state index in [9.17, 15) is 4.79 Å². The summed E-state index contributed by atoms with van der Waals surface area (Å²) in [5.74, 6) is -0.325. The largest absolute Gasteiger partial charge is 0.468 e. The first-order valence-corrected chi connectivity index (χ1v) is 3.76. The van der Waals surface area contributed by atoms with Crippen LogP contribution in [0.2, 0.25) is 0 Å². The van der Waals surface area contributed by atoms with Crippen LogP contribution in [0, 0.1) is 10.7 Å². The van der Waals surface area contributed by atoms with Crippen molar-refractivity contribution in [1.82, 2.24) is 0 Å². The lowest BCUT2D eigenvalue weighted by atomic mass is 10.3. The second-order valence-electron chi connectivity index (χ2n) is 1.63. The summed E-state index contributed by atoms with van der Waals surface area (Å²) in [4.78, 5) is 10.7. The summed E-state index contributed by atoms with van der Waals surface area (Å²) in [5, 5.41) is 9.74. The van der Waals surface area contributed by atoms with E-state index in [4.69, 9.17) is 5.26 Å². The molecule has 0 rings (SSSR count). The third-order valence-electron chi connectivity index (χ3n) is 1.03. The van der Waals surface area contributed by atoms with Crippen LogP contribution in [-0.4, -0.2) is 18.3 Å². The second-order valence-corrected chi connectivity index (χ2v) is 2.62. The Morgan fingerprint density at radius 3 is 2.80 bits per heavy atom. The average Bonchev–Trinajstić information content (AvgIpc) is 1.99. The Labute approximate surface area is 64.4 Å². The molecule has 0 aliphatic rings. The van der Waals surface area contributed by atoms with Gasteiger partial charge in [-0.1, -0.05) is 6.92 Å². The van der Waals surface area contributed by atoms with Crippen molar-refractivity contribution in [3.63, 3.8) is 0 Å². The fraction of sp³-hybridized carbons (Fsp3) is 0.667. The Kier molecular flexibility index (Phi) is 4.77. The van der Waals surface area contributed by atoms with Crippen molar-refractivity contribution in [3.8, 4) is 5.40 Å². The number of methoxy groups -OCH3 is 1. The van der Waals surface area contributed by atoms with E-state index in [2.05, 4.69) is 4.74 Å². The standard InChI is InChI=1S/C6H9NO2S/c1-3-5(10-4-7)6(8)9-2/h5H,3H2,1-2H3/t5-/m1/s1. The Balaban J connectivity index is 3.83. The molecule has 0 unspecified atom stereocenters. The Hall–Kier alpha value is -0.690.